The highest BCUT2D eigenvalue weighted by atomic mass is 16.5. The SMILES string of the molecule is Cc1oncc1C(=O)NC1CCc2c(ccc(=O)n2CC2CC2)C1. The van der Waals surface area contributed by atoms with E-state index in [1.54, 1.807) is 13.0 Å². The van der Waals surface area contributed by atoms with Crippen molar-refractivity contribution in [2.75, 3.05) is 0 Å². The third kappa shape index (κ3) is 2.88. The lowest BCUT2D eigenvalue weighted by Crippen LogP contribution is -2.40. The number of fused-ring (bicyclic) bond motifs is 1. The molecule has 2 heterocycles. The number of nitrogens with one attached hydrogen (secondary N) is 1. The summed E-state index contributed by atoms with van der Waals surface area (Å²) < 4.78 is 6.91. The van der Waals surface area contributed by atoms with Crippen molar-refractivity contribution in [3.63, 3.8) is 0 Å². The van der Waals surface area contributed by atoms with Crippen LogP contribution in [0.2, 0.25) is 0 Å². The van der Waals surface area contributed by atoms with Crippen LogP contribution < -0.4 is 10.9 Å². The first-order valence-electron chi connectivity index (χ1n) is 8.55. The molecule has 2 aromatic heterocycles. The minimum Gasteiger partial charge on any atom is -0.361 e. The molecule has 24 heavy (non-hydrogen) atoms. The van der Waals surface area contributed by atoms with E-state index in [-0.39, 0.29) is 17.5 Å². The van der Waals surface area contributed by atoms with Crippen LogP contribution in [0.3, 0.4) is 0 Å². The zero-order chi connectivity index (χ0) is 16.7. The Bertz CT molecular complexity index is 832. The van der Waals surface area contributed by atoms with Crippen LogP contribution in [0.25, 0.3) is 0 Å². The number of aromatic nitrogens is 2. The highest BCUT2D eigenvalue weighted by Gasteiger charge is 2.27. The first kappa shape index (κ1) is 15.2. The maximum absolute atomic E-state index is 12.3. The lowest BCUT2D eigenvalue weighted by Gasteiger charge is -2.27. The number of pyridine rings is 1. The molecule has 0 saturated heterocycles. The molecule has 1 unspecified atom stereocenters. The summed E-state index contributed by atoms with van der Waals surface area (Å²) in [5, 5.41) is 6.72. The van der Waals surface area contributed by atoms with Gasteiger partial charge in [-0.05, 0) is 50.5 Å². The Hall–Kier alpha value is -2.37. The number of rotatable bonds is 4. The summed E-state index contributed by atoms with van der Waals surface area (Å²) in [5.41, 5.74) is 2.91. The Morgan fingerprint density at radius 2 is 2.21 bits per heavy atom. The largest absolute Gasteiger partial charge is 0.361 e. The van der Waals surface area contributed by atoms with E-state index in [1.807, 2.05) is 10.6 Å². The third-order valence-electron chi connectivity index (χ3n) is 5.05. The van der Waals surface area contributed by atoms with E-state index in [0.29, 0.717) is 17.2 Å². The van der Waals surface area contributed by atoms with E-state index in [2.05, 4.69) is 10.5 Å². The summed E-state index contributed by atoms with van der Waals surface area (Å²) >= 11 is 0. The Morgan fingerprint density at radius 1 is 1.38 bits per heavy atom. The molecule has 1 N–H and O–H groups in total. The Morgan fingerprint density at radius 3 is 2.92 bits per heavy atom. The van der Waals surface area contributed by atoms with Crippen LogP contribution in [0.5, 0.6) is 0 Å². The van der Waals surface area contributed by atoms with Crippen LogP contribution in [0, 0.1) is 12.8 Å². The summed E-state index contributed by atoms with van der Waals surface area (Å²) in [5.74, 6) is 1.05. The average Bonchev–Trinajstić information content (AvgIpc) is 3.28. The molecule has 0 bridgehead atoms. The van der Waals surface area contributed by atoms with E-state index in [0.717, 1.165) is 31.5 Å². The minimum absolute atomic E-state index is 0.0752. The van der Waals surface area contributed by atoms with Gasteiger partial charge in [0.25, 0.3) is 11.5 Å². The van der Waals surface area contributed by atoms with Crippen molar-refractivity contribution in [2.24, 2.45) is 5.92 Å². The second-order valence-electron chi connectivity index (χ2n) is 6.91. The van der Waals surface area contributed by atoms with Crippen LogP contribution in [0.1, 0.15) is 46.6 Å². The second kappa shape index (κ2) is 5.92. The van der Waals surface area contributed by atoms with Gasteiger partial charge in [0.15, 0.2) is 0 Å². The summed E-state index contributed by atoms with van der Waals surface area (Å²) in [4.78, 5) is 24.5. The molecule has 1 saturated carbocycles. The third-order valence-corrected chi connectivity index (χ3v) is 5.05. The number of amides is 1. The minimum atomic E-state index is -0.145. The van der Waals surface area contributed by atoms with Gasteiger partial charge in [-0.1, -0.05) is 11.2 Å². The quantitative estimate of drug-likeness (QED) is 0.929. The standard InChI is InChI=1S/C18H21N3O3/c1-11-15(9-19-24-11)18(23)20-14-5-6-16-13(8-14)4-7-17(22)21(16)10-12-2-3-12/h4,7,9,12,14H,2-3,5-6,8,10H2,1H3,(H,20,23). The number of carbonyl (C=O) groups is 1. The maximum atomic E-state index is 12.3. The second-order valence-corrected chi connectivity index (χ2v) is 6.91. The van der Waals surface area contributed by atoms with Crippen LogP contribution >= 0.6 is 0 Å². The molecule has 0 aliphatic heterocycles. The molecule has 0 aromatic carbocycles. The summed E-state index contributed by atoms with van der Waals surface area (Å²) in [6.45, 7) is 2.58. The maximum Gasteiger partial charge on any atom is 0.256 e. The highest BCUT2D eigenvalue weighted by Crippen LogP contribution is 2.31. The molecule has 1 atom stereocenters. The highest BCUT2D eigenvalue weighted by molar-refractivity contribution is 5.94. The lowest BCUT2D eigenvalue weighted by atomic mass is 9.91. The van der Waals surface area contributed by atoms with Crippen LogP contribution in [-0.2, 0) is 19.4 Å². The summed E-state index contributed by atoms with van der Waals surface area (Å²) in [7, 11) is 0. The van der Waals surface area contributed by atoms with E-state index >= 15 is 0 Å². The zero-order valence-electron chi connectivity index (χ0n) is 13.7. The molecule has 2 aliphatic carbocycles. The first-order chi connectivity index (χ1) is 11.6. The Labute approximate surface area is 139 Å². The molecule has 6 nitrogen and oxygen atoms in total. The topological polar surface area (TPSA) is 77.1 Å². The molecular weight excluding hydrogens is 306 g/mol. The van der Waals surface area contributed by atoms with E-state index < -0.39 is 0 Å². The lowest BCUT2D eigenvalue weighted by molar-refractivity contribution is 0.0932. The molecule has 2 aromatic rings. The number of nitrogens with zero attached hydrogens (tertiary/aromatic N) is 2. The summed E-state index contributed by atoms with van der Waals surface area (Å²) in [6, 6.07) is 3.66. The van der Waals surface area contributed by atoms with Gasteiger partial charge in [0, 0.05) is 24.3 Å². The predicted octanol–water partition coefficient (Wildman–Crippen LogP) is 1.84. The molecule has 6 heteroatoms. The number of hydrogen-bond donors (Lipinski definition) is 1. The van der Waals surface area contributed by atoms with Gasteiger partial charge in [0.2, 0.25) is 0 Å². The van der Waals surface area contributed by atoms with Crippen molar-refractivity contribution in [3.8, 4) is 0 Å². The fraction of sp³-hybridized carbons (Fsp3) is 0.500. The predicted molar refractivity (Wildman–Crippen MR) is 87.9 cm³/mol. The molecule has 126 valence electrons. The molecule has 2 aliphatic rings. The molecular formula is C18H21N3O3. The van der Waals surface area contributed by atoms with Gasteiger partial charge in [-0.15, -0.1) is 0 Å². The molecule has 0 radical (unpaired) electrons. The zero-order valence-corrected chi connectivity index (χ0v) is 13.7. The van der Waals surface area contributed by atoms with E-state index in [4.69, 9.17) is 4.52 Å². The Kier molecular flexibility index (Phi) is 3.75. The summed E-state index contributed by atoms with van der Waals surface area (Å²) in [6.07, 6.45) is 6.34. The number of hydrogen-bond acceptors (Lipinski definition) is 4. The molecule has 1 fully saturated rings. The Balaban J connectivity index is 1.51. The van der Waals surface area contributed by atoms with Gasteiger partial charge >= 0.3 is 0 Å². The van der Waals surface area contributed by atoms with Crippen molar-refractivity contribution in [3.05, 3.63) is 51.3 Å². The number of aryl methyl sites for hydroxylation is 1. The van der Waals surface area contributed by atoms with Crippen LogP contribution in [-0.4, -0.2) is 21.7 Å². The van der Waals surface area contributed by atoms with Crippen molar-refractivity contribution in [1.82, 2.24) is 15.0 Å². The van der Waals surface area contributed by atoms with Crippen molar-refractivity contribution < 1.29 is 9.32 Å². The van der Waals surface area contributed by atoms with Crippen molar-refractivity contribution in [2.45, 2.75) is 51.6 Å². The van der Waals surface area contributed by atoms with Gasteiger partial charge in [-0.25, -0.2) is 0 Å². The molecule has 0 spiro atoms. The first-order valence-corrected chi connectivity index (χ1v) is 8.55. The fourth-order valence-corrected chi connectivity index (χ4v) is 3.49. The monoisotopic (exact) mass is 327 g/mol. The van der Waals surface area contributed by atoms with Gasteiger partial charge in [0.1, 0.15) is 11.3 Å². The van der Waals surface area contributed by atoms with Gasteiger partial charge in [-0.2, -0.15) is 0 Å². The molecule has 4 rings (SSSR count). The van der Waals surface area contributed by atoms with Crippen LogP contribution in [0.4, 0.5) is 0 Å². The van der Waals surface area contributed by atoms with Gasteiger partial charge in [0.05, 0.1) is 6.20 Å². The normalized spacial score (nSPS) is 19.8. The van der Waals surface area contributed by atoms with Crippen LogP contribution in [0.15, 0.2) is 27.6 Å². The molecule has 1 amide bonds. The smallest absolute Gasteiger partial charge is 0.256 e. The van der Waals surface area contributed by atoms with E-state index in [1.165, 1.54) is 24.6 Å². The fourth-order valence-electron chi connectivity index (χ4n) is 3.49. The van der Waals surface area contributed by atoms with Crippen molar-refractivity contribution >= 4 is 5.91 Å². The van der Waals surface area contributed by atoms with Gasteiger partial charge < -0.3 is 14.4 Å². The number of carbonyl (C=O) groups excluding carboxylic acids is 1. The van der Waals surface area contributed by atoms with Crippen molar-refractivity contribution in [1.29, 1.82) is 0 Å². The average molecular weight is 327 g/mol. The van der Waals surface area contributed by atoms with E-state index in [9.17, 15) is 9.59 Å². The van der Waals surface area contributed by atoms with Gasteiger partial charge in [-0.3, -0.25) is 9.59 Å².